The quantitative estimate of drug-likeness (QED) is 0.503. The van der Waals surface area contributed by atoms with Crippen molar-refractivity contribution in [3.05, 3.63) is 58.1 Å². The van der Waals surface area contributed by atoms with E-state index >= 15 is 0 Å². The van der Waals surface area contributed by atoms with Gasteiger partial charge in [0.2, 0.25) is 0 Å². The number of piperidine rings is 1. The molecule has 0 N–H and O–H groups in total. The van der Waals surface area contributed by atoms with Crippen molar-refractivity contribution >= 4 is 27.5 Å². The first-order valence-corrected chi connectivity index (χ1v) is 12.6. The van der Waals surface area contributed by atoms with Crippen molar-refractivity contribution in [3.8, 4) is 5.75 Å². The summed E-state index contributed by atoms with van der Waals surface area (Å²) in [6.07, 6.45) is 5.15. The number of rotatable bonds is 7. The van der Waals surface area contributed by atoms with E-state index < -0.39 is 0 Å². The maximum atomic E-state index is 12.9. The molecule has 0 radical (unpaired) electrons. The average molecular weight is 500 g/mol. The Morgan fingerprint density at radius 3 is 2.34 bits per heavy atom. The first-order chi connectivity index (χ1) is 15.6. The van der Waals surface area contributed by atoms with Crippen LogP contribution in [0, 0.1) is 6.92 Å². The fourth-order valence-electron chi connectivity index (χ4n) is 4.62. The van der Waals surface area contributed by atoms with Gasteiger partial charge in [0.05, 0.1) is 6.61 Å². The Morgan fingerprint density at radius 1 is 0.938 bits per heavy atom. The number of carbonyl (C=O) groups is 1. The van der Waals surface area contributed by atoms with Crippen molar-refractivity contribution in [2.45, 2.75) is 32.6 Å². The van der Waals surface area contributed by atoms with Crippen LogP contribution >= 0.6 is 15.9 Å². The SMILES string of the molecule is Cc1cc(Br)ccc1C(=O)N1CCN(c2ccc(OCCCN3CCCCC3)cc2)CC1. The van der Waals surface area contributed by atoms with Gasteiger partial charge in [-0.1, -0.05) is 22.4 Å². The number of halogens is 1. The predicted molar refractivity (Wildman–Crippen MR) is 134 cm³/mol. The van der Waals surface area contributed by atoms with Crippen LogP contribution in [-0.2, 0) is 0 Å². The van der Waals surface area contributed by atoms with Crippen LogP contribution < -0.4 is 9.64 Å². The Balaban J connectivity index is 1.22. The molecule has 2 aliphatic rings. The highest BCUT2D eigenvalue weighted by Crippen LogP contribution is 2.23. The smallest absolute Gasteiger partial charge is 0.254 e. The first kappa shape index (κ1) is 23.1. The van der Waals surface area contributed by atoms with E-state index in [4.69, 9.17) is 4.74 Å². The van der Waals surface area contributed by atoms with Crippen LogP contribution in [0.4, 0.5) is 5.69 Å². The summed E-state index contributed by atoms with van der Waals surface area (Å²) in [7, 11) is 0. The van der Waals surface area contributed by atoms with E-state index in [1.54, 1.807) is 0 Å². The molecule has 2 fully saturated rings. The molecule has 0 unspecified atom stereocenters. The molecule has 0 spiro atoms. The van der Waals surface area contributed by atoms with Crippen molar-refractivity contribution in [2.75, 3.05) is 57.3 Å². The third kappa shape index (κ3) is 6.04. The molecule has 2 heterocycles. The Hall–Kier alpha value is -2.05. The minimum Gasteiger partial charge on any atom is -0.494 e. The maximum Gasteiger partial charge on any atom is 0.254 e. The Bertz CT molecular complexity index is 888. The lowest BCUT2D eigenvalue weighted by molar-refractivity contribution is 0.0746. The molecule has 0 saturated carbocycles. The van der Waals surface area contributed by atoms with E-state index in [2.05, 4.69) is 50.0 Å². The fourth-order valence-corrected chi connectivity index (χ4v) is 5.10. The van der Waals surface area contributed by atoms with Gasteiger partial charge < -0.3 is 19.4 Å². The standard InChI is InChI=1S/C26H34BrN3O2/c1-21-20-22(27)6-11-25(21)26(31)30-17-15-29(16-18-30)23-7-9-24(10-8-23)32-19-5-14-28-12-3-2-4-13-28/h6-11,20H,2-5,12-19H2,1H3. The number of nitrogens with zero attached hydrogens (tertiary/aromatic N) is 3. The Morgan fingerprint density at radius 2 is 1.66 bits per heavy atom. The molecule has 2 aromatic carbocycles. The molecule has 6 heteroatoms. The molecule has 5 nitrogen and oxygen atoms in total. The molecule has 2 aliphatic heterocycles. The summed E-state index contributed by atoms with van der Waals surface area (Å²) in [6, 6.07) is 14.3. The number of hydrogen-bond donors (Lipinski definition) is 0. The number of aryl methyl sites for hydroxylation is 1. The molecule has 4 rings (SSSR count). The summed E-state index contributed by atoms with van der Waals surface area (Å²) in [4.78, 5) is 19.8. The third-order valence-corrected chi connectivity index (χ3v) is 7.02. The van der Waals surface area contributed by atoms with Gasteiger partial charge >= 0.3 is 0 Å². The van der Waals surface area contributed by atoms with Gasteiger partial charge in [-0.2, -0.15) is 0 Å². The van der Waals surface area contributed by atoms with Crippen molar-refractivity contribution in [1.29, 1.82) is 0 Å². The molecule has 2 aromatic rings. The lowest BCUT2D eigenvalue weighted by Gasteiger charge is -2.36. The topological polar surface area (TPSA) is 36.0 Å². The van der Waals surface area contributed by atoms with E-state index in [-0.39, 0.29) is 5.91 Å². The zero-order chi connectivity index (χ0) is 22.3. The average Bonchev–Trinajstić information content (AvgIpc) is 2.83. The number of likely N-dealkylation sites (tertiary alicyclic amines) is 1. The molecule has 0 aromatic heterocycles. The van der Waals surface area contributed by atoms with E-state index in [0.717, 1.165) is 67.1 Å². The molecule has 0 aliphatic carbocycles. The van der Waals surface area contributed by atoms with Crippen molar-refractivity contribution < 1.29 is 9.53 Å². The third-order valence-electron chi connectivity index (χ3n) is 6.52. The number of ether oxygens (including phenoxy) is 1. The van der Waals surface area contributed by atoms with E-state index in [0.29, 0.717) is 0 Å². The van der Waals surface area contributed by atoms with Gasteiger partial charge in [0, 0.05) is 48.4 Å². The largest absolute Gasteiger partial charge is 0.494 e. The lowest BCUT2D eigenvalue weighted by atomic mass is 10.1. The monoisotopic (exact) mass is 499 g/mol. The summed E-state index contributed by atoms with van der Waals surface area (Å²) >= 11 is 3.47. The first-order valence-electron chi connectivity index (χ1n) is 11.9. The van der Waals surface area contributed by atoms with Gasteiger partial charge in [0.25, 0.3) is 5.91 Å². The maximum absolute atomic E-state index is 12.9. The molecule has 172 valence electrons. The fraction of sp³-hybridized carbons (Fsp3) is 0.500. The number of hydrogen-bond acceptors (Lipinski definition) is 4. The van der Waals surface area contributed by atoms with Crippen molar-refractivity contribution in [1.82, 2.24) is 9.80 Å². The van der Waals surface area contributed by atoms with Crippen LogP contribution in [0.15, 0.2) is 46.9 Å². The van der Waals surface area contributed by atoms with Gasteiger partial charge in [-0.25, -0.2) is 0 Å². The molecule has 0 bridgehead atoms. The highest BCUT2D eigenvalue weighted by Gasteiger charge is 2.23. The van der Waals surface area contributed by atoms with Gasteiger partial charge in [-0.3, -0.25) is 4.79 Å². The molecular weight excluding hydrogens is 466 g/mol. The van der Waals surface area contributed by atoms with Gasteiger partial charge in [-0.05, 0) is 87.3 Å². The molecule has 2 saturated heterocycles. The van der Waals surface area contributed by atoms with Gasteiger partial charge in [-0.15, -0.1) is 0 Å². The second kappa shape index (κ2) is 11.2. The number of benzene rings is 2. The minimum absolute atomic E-state index is 0.128. The Kier molecular flexibility index (Phi) is 8.09. The summed E-state index contributed by atoms with van der Waals surface area (Å²) in [5, 5.41) is 0. The van der Waals surface area contributed by atoms with E-state index in [9.17, 15) is 4.79 Å². The van der Waals surface area contributed by atoms with Crippen molar-refractivity contribution in [2.24, 2.45) is 0 Å². The number of amides is 1. The zero-order valence-corrected chi connectivity index (χ0v) is 20.6. The summed E-state index contributed by atoms with van der Waals surface area (Å²) in [5.41, 5.74) is 3.00. The highest BCUT2D eigenvalue weighted by molar-refractivity contribution is 9.10. The Labute approximate surface area is 200 Å². The zero-order valence-electron chi connectivity index (χ0n) is 19.1. The van der Waals surface area contributed by atoms with Gasteiger partial charge in [0.1, 0.15) is 5.75 Å². The van der Waals surface area contributed by atoms with Crippen LogP contribution in [0.5, 0.6) is 5.75 Å². The predicted octanol–water partition coefficient (Wildman–Crippen LogP) is 4.97. The van der Waals surface area contributed by atoms with E-state index in [1.165, 1.54) is 38.0 Å². The van der Waals surface area contributed by atoms with Crippen LogP contribution in [0.25, 0.3) is 0 Å². The van der Waals surface area contributed by atoms with Crippen LogP contribution in [0.2, 0.25) is 0 Å². The van der Waals surface area contributed by atoms with Crippen molar-refractivity contribution in [3.63, 3.8) is 0 Å². The molecule has 0 atom stereocenters. The number of anilines is 1. The van der Waals surface area contributed by atoms with Gasteiger partial charge in [0.15, 0.2) is 0 Å². The normalized spacial score (nSPS) is 17.4. The lowest BCUT2D eigenvalue weighted by Crippen LogP contribution is -2.48. The molecular formula is C26H34BrN3O2. The summed E-state index contributed by atoms with van der Waals surface area (Å²) < 4.78 is 6.96. The summed E-state index contributed by atoms with van der Waals surface area (Å²) in [5.74, 6) is 1.06. The van der Waals surface area contributed by atoms with Crippen LogP contribution in [-0.4, -0.2) is 68.1 Å². The van der Waals surface area contributed by atoms with Crippen LogP contribution in [0.3, 0.4) is 0 Å². The second-order valence-electron chi connectivity index (χ2n) is 8.84. The number of piperazine rings is 1. The molecule has 32 heavy (non-hydrogen) atoms. The van der Waals surface area contributed by atoms with Crippen LogP contribution in [0.1, 0.15) is 41.6 Å². The summed E-state index contributed by atoms with van der Waals surface area (Å²) in [6.45, 7) is 9.56. The van der Waals surface area contributed by atoms with E-state index in [1.807, 2.05) is 30.0 Å². The second-order valence-corrected chi connectivity index (χ2v) is 9.75. The molecule has 1 amide bonds. The minimum atomic E-state index is 0.128. The number of carbonyl (C=O) groups excluding carboxylic acids is 1. The highest BCUT2D eigenvalue weighted by atomic mass is 79.9.